The summed E-state index contributed by atoms with van der Waals surface area (Å²) in [6, 6.07) is 1.98. The average Bonchev–Trinajstić information content (AvgIpc) is 2.30. The molecule has 1 fully saturated rings. The first-order valence-electron chi connectivity index (χ1n) is 6.09. The molecule has 17 heavy (non-hydrogen) atoms. The van der Waals surface area contributed by atoms with Crippen LogP contribution in [0, 0.1) is 11.7 Å². The molecule has 4 heteroatoms. The molecule has 94 valence electrons. The Hall–Kier alpha value is -0.830. The Bertz CT molecular complexity index is 397. The summed E-state index contributed by atoms with van der Waals surface area (Å²) in [6.07, 6.45) is 3.82. The van der Waals surface area contributed by atoms with Crippen molar-refractivity contribution in [3.63, 3.8) is 0 Å². The maximum atomic E-state index is 14.1. The smallest absolute Gasteiger partial charge is 0.170 e. The lowest BCUT2D eigenvalue weighted by molar-refractivity contribution is 0.372. The summed E-state index contributed by atoms with van der Waals surface area (Å²) < 4.78 is 14.1. The molecule has 0 radical (unpaired) electrons. The highest BCUT2D eigenvalue weighted by molar-refractivity contribution is 6.17. The van der Waals surface area contributed by atoms with Gasteiger partial charge in [0, 0.05) is 24.3 Å². The van der Waals surface area contributed by atoms with Gasteiger partial charge < -0.3 is 4.90 Å². The van der Waals surface area contributed by atoms with Crippen LogP contribution in [0.2, 0.25) is 0 Å². The molecule has 0 bridgehead atoms. The van der Waals surface area contributed by atoms with E-state index in [-0.39, 0.29) is 11.7 Å². The van der Waals surface area contributed by atoms with Gasteiger partial charge in [-0.15, -0.1) is 11.6 Å². The maximum Gasteiger partial charge on any atom is 0.170 e. The second kappa shape index (κ2) is 5.21. The van der Waals surface area contributed by atoms with Gasteiger partial charge in [0.15, 0.2) is 11.6 Å². The van der Waals surface area contributed by atoms with Gasteiger partial charge in [-0.2, -0.15) is 0 Å². The zero-order valence-electron chi connectivity index (χ0n) is 10.3. The quantitative estimate of drug-likeness (QED) is 0.752. The fourth-order valence-electron chi connectivity index (χ4n) is 2.50. The lowest BCUT2D eigenvalue weighted by Gasteiger charge is -2.37. The zero-order valence-corrected chi connectivity index (χ0v) is 11.0. The van der Waals surface area contributed by atoms with Crippen molar-refractivity contribution < 1.29 is 4.39 Å². The molecule has 2 nitrogen and oxygen atoms in total. The molecular formula is C13H18ClFN2. The minimum atomic E-state index is -0.260. The van der Waals surface area contributed by atoms with Crippen molar-refractivity contribution in [3.8, 4) is 0 Å². The van der Waals surface area contributed by atoms with Crippen LogP contribution >= 0.6 is 11.6 Å². The summed E-state index contributed by atoms with van der Waals surface area (Å²) in [5, 5.41) is 0. The van der Waals surface area contributed by atoms with Crippen molar-refractivity contribution >= 4 is 17.4 Å². The van der Waals surface area contributed by atoms with Crippen molar-refractivity contribution in [2.45, 2.75) is 38.6 Å². The second-order valence-corrected chi connectivity index (χ2v) is 5.18. The van der Waals surface area contributed by atoms with Gasteiger partial charge in [0.05, 0.1) is 5.88 Å². The lowest BCUT2D eigenvalue weighted by atomic mass is 9.93. The number of nitrogens with zero attached hydrogens (tertiary/aromatic N) is 2. The van der Waals surface area contributed by atoms with Crippen LogP contribution in [-0.4, -0.2) is 17.6 Å². The first-order valence-corrected chi connectivity index (χ1v) is 6.63. The first kappa shape index (κ1) is 12.6. The summed E-state index contributed by atoms with van der Waals surface area (Å²) in [6.45, 7) is 5.24. The summed E-state index contributed by atoms with van der Waals surface area (Å²) in [7, 11) is 0. The Labute approximate surface area is 107 Å². The van der Waals surface area contributed by atoms with Gasteiger partial charge >= 0.3 is 0 Å². The van der Waals surface area contributed by atoms with Gasteiger partial charge in [-0.05, 0) is 31.7 Å². The van der Waals surface area contributed by atoms with E-state index >= 15 is 0 Å². The van der Waals surface area contributed by atoms with Gasteiger partial charge in [-0.25, -0.2) is 9.37 Å². The largest absolute Gasteiger partial charge is 0.351 e. The molecule has 0 spiro atoms. The highest BCUT2D eigenvalue weighted by Gasteiger charge is 2.26. The molecule has 1 aliphatic rings. The van der Waals surface area contributed by atoms with Crippen LogP contribution in [0.3, 0.4) is 0 Å². The average molecular weight is 257 g/mol. The molecule has 0 aliphatic carbocycles. The monoisotopic (exact) mass is 256 g/mol. The predicted octanol–water partition coefficient (Wildman–Crippen LogP) is 3.58. The van der Waals surface area contributed by atoms with Crippen molar-refractivity contribution in [3.05, 3.63) is 23.6 Å². The van der Waals surface area contributed by atoms with Crippen LogP contribution in [0.25, 0.3) is 0 Å². The Morgan fingerprint density at radius 3 is 2.94 bits per heavy atom. The summed E-state index contributed by atoms with van der Waals surface area (Å²) in [4.78, 5) is 6.24. The Morgan fingerprint density at radius 2 is 2.29 bits per heavy atom. The van der Waals surface area contributed by atoms with Crippen molar-refractivity contribution in [2.24, 2.45) is 5.92 Å². The number of rotatable bonds is 2. The summed E-state index contributed by atoms with van der Waals surface area (Å²) in [5.41, 5.74) is 0.530. The van der Waals surface area contributed by atoms with Crippen LogP contribution in [-0.2, 0) is 5.88 Å². The van der Waals surface area contributed by atoms with Gasteiger partial charge in [0.2, 0.25) is 0 Å². The van der Waals surface area contributed by atoms with Crippen molar-refractivity contribution in [1.82, 2.24) is 4.98 Å². The maximum absolute atomic E-state index is 14.1. The van der Waals surface area contributed by atoms with Gasteiger partial charge in [-0.1, -0.05) is 6.92 Å². The molecule has 0 N–H and O–H groups in total. The number of hydrogen-bond acceptors (Lipinski definition) is 2. The van der Waals surface area contributed by atoms with Crippen LogP contribution in [0.1, 0.15) is 32.3 Å². The fraction of sp³-hybridized carbons (Fsp3) is 0.615. The standard InChI is InChI=1S/C13H18ClFN2/c1-9-4-6-17(10(2)7-9)13-12(15)11(8-14)3-5-16-13/h3,5,9-10H,4,6-8H2,1-2H3. The first-order chi connectivity index (χ1) is 8.13. The number of aromatic nitrogens is 1. The van der Waals surface area contributed by atoms with Crippen LogP contribution in [0.4, 0.5) is 10.2 Å². The second-order valence-electron chi connectivity index (χ2n) is 4.91. The number of pyridine rings is 1. The van der Waals surface area contributed by atoms with E-state index in [0.717, 1.165) is 19.4 Å². The predicted molar refractivity (Wildman–Crippen MR) is 69.0 cm³/mol. The molecule has 1 saturated heterocycles. The van der Waals surface area contributed by atoms with Crippen molar-refractivity contribution in [1.29, 1.82) is 0 Å². The third-order valence-electron chi connectivity index (χ3n) is 3.51. The minimum Gasteiger partial charge on any atom is -0.351 e. The van der Waals surface area contributed by atoms with E-state index in [2.05, 4.69) is 23.7 Å². The van der Waals surface area contributed by atoms with E-state index in [1.54, 1.807) is 12.3 Å². The van der Waals surface area contributed by atoms with Crippen molar-refractivity contribution in [2.75, 3.05) is 11.4 Å². The molecule has 2 rings (SSSR count). The number of piperidine rings is 1. The van der Waals surface area contributed by atoms with Crippen LogP contribution in [0.5, 0.6) is 0 Å². The van der Waals surface area contributed by atoms with Gasteiger partial charge in [0.1, 0.15) is 0 Å². The molecule has 1 aliphatic heterocycles. The highest BCUT2D eigenvalue weighted by Crippen LogP contribution is 2.29. The summed E-state index contributed by atoms with van der Waals surface area (Å²) >= 11 is 5.72. The SMILES string of the molecule is CC1CCN(c2nccc(CCl)c2F)C(C)C1. The highest BCUT2D eigenvalue weighted by atomic mass is 35.5. The topological polar surface area (TPSA) is 16.1 Å². The van der Waals surface area contributed by atoms with Gasteiger partial charge in [0.25, 0.3) is 0 Å². The van der Waals surface area contributed by atoms with E-state index in [1.807, 2.05) is 0 Å². The Balaban J connectivity index is 2.28. The van der Waals surface area contributed by atoms with E-state index in [4.69, 9.17) is 11.6 Å². The third-order valence-corrected chi connectivity index (χ3v) is 3.79. The van der Waals surface area contributed by atoms with E-state index in [9.17, 15) is 4.39 Å². The van der Waals surface area contributed by atoms with E-state index in [1.165, 1.54) is 0 Å². The third kappa shape index (κ3) is 2.54. The van der Waals surface area contributed by atoms with Gasteiger partial charge in [-0.3, -0.25) is 0 Å². The fourth-order valence-corrected chi connectivity index (χ4v) is 2.70. The minimum absolute atomic E-state index is 0.194. The molecule has 1 aromatic heterocycles. The molecule has 2 atom stereocenters. The van der Waals surface area contributed by atoms with Crippen LogP contribution in [0.15, 0.2) is 12.3 Å². The van der Waals surface area contributed by atoms with Crippen LogP contribution < -0.4 is 4.90 Å². The molecule has 0 amide bonds. The number of alkyl halides is 1. The molecule has 2 unspecified atom stereocenters. The molecular weight excluding hydrogens is 239 g/mol. The lowest BCUT2D eigenvalue weighted by Crippen LogP contribution is -2.41. The molecule has 0 aromatic carbocycles. The molecule has 1 aromatic rings. The van der Waals surface area contributed by atoms with E-state index < -0.39 is 0 Å². The van der Waals surface area contributed by atoms with E-state index in [0.29, 0.717) is 23.3 Å². The summed E-state index contributed by atoms with van der Waals surface area (Å²) in [5.74, 6) is 1.10. The normalized spacial score (nSPS) is 25.1. The Morgan fingerprint density at radius 1 is 1.53 bits per heavy atom. The number of hydrogen-bond donors (Lipinski definition) is 0. The number of halogens is 2. The molecule has 0 saturated carbocycles. The zero-order chi connectivity index (χ0) is 12.4. The Kier molecular flexibility index (Phi) is 3.87. The molecule has 2 heterocycles. The number of anilines is 1.